The molecule has 7 heteroatoms. The van der Waals surface area contributed by atoms with Crippen molar-refractivity contribution < 1.29 is 9.53 Å². The number of nitrogens with zero attached hydrogens (tertiary/aromatic N) is 4. The van der Waals surface area contributed by atoms with Crippen LogP contribution in [0.4, 0.5) is 22.2 Å². The summed E-state index contributed by atoms with van der Waals surface area (Å²) in [5, 5.41) is 3.40. The van der Waals surface area contributed by atoms with Gasteiger partial charge in [-0.15, -0.1) is 0 Å². The van der Waals surface area contributed by atoms with Gasteiger partial charge in [0, 0.05) is 43.6 Å². The van der Waals surface area contributed by atoms with Gasteiger partial charge in [-0.3, -0.25) is 0 Å². The van der Waals surface area contributed by atoms with Crippen molar-refractivity contribution in [1.29, 1.82) is 0 Å². The zero-order chi connectivity index (χ0) is 21.7. The second-order valence-corrected chi connectivity index (χ2v) is 8.74. The summed E-state index contributed by atoms with van der Waals surface area (Å²) in [4.78, 5) is 25.7. The number of carbonyl (C=O) groups is 1. The van der Waals surface area contributed by atoms with Gasteiger partial charge in [0.1, 0.15) is 11.4 Å². The largest absolute Gasteiger partial charge is 0.444 e. The fourth-order valence-corrected chi connectivity index (χ4v) is 3.27. The van der Waals surface area contributed by atoms with Crippen molar-refractivity contribution in [2.24, 2.45) is 0 Å². The Bertz CT molecular complexity index is 853. The van der Waals surface area contributed by atoms with Gasteiger partial charge in [0.2, 0.25) is 5.95 Å². The van der Waals surface area contributed by atoms with Crippen LogP contribution in [0.5, 0.6) is 0 Å². The molecule has 2 aromatic rings. The predicted octanol–water partition coefficient (Wildman–Crippen LogP) is 4.54. The zero-order valence-corrected chi connectivity index (χ0v) is 18.7. The lowest BCUT2D eigenvalue weighted by Gasteiger charge is -2.35. The highest BCUT2D eigenvalue weighted by Gasteiger charge is 2.27. The van der Waals surface area contributed by atoms with Crippen molar-refractivity contribution in [3.05, 3.63) is 41.6 Å². The van der Waals surface area contributed by atoms with Gasteiger partial charge in [-0.25, -0.2) is 9.78 Å². The Morgan fingerprint density at radius 1 is 1.10 bits per heavy atom. The van der Waals surface area contributed by atoms with Gasteiger partial charge in [-0.05, 0) is 46.2 Å². The van der Waals surface area contributed by atoms with E-state index in [0.29, 0.717) is 32.1 Å². The molecule has 1 aliphatic rings. The second-order valence-electron chi connectivity index (χ2n) is 8.74. The van der Waals surface area contributed by atoms with Crippen LogP contribution in [0.2, 0.25) is 0 Å². The quantitative estimate of drug-likeness (QED) is 0.779. The maximum atomic E-state index is 12.3. The van der Waals surface area contributed by atoms with E-state index in [-0.39, 0.29) is 6.09 Å². The first kappa shape index (κ1) is 21.9. The molecular weight excluding hydrogens is 378 g/mol. The normalized spacial score (nSPS) is 14.6. The summed E-state index contributed by atoms with van der Waals surface area (Å²) in [6, 6.07) is 10.3. The molecule has 0 unspecified atom stereocenters. The first-order chi connectivity index (χ1) is 14.2. The first-order valence-corrected chi connectivity index (χ1v) is 10.7. The van der Waals surface area contributed by atoms with Crippen LogP contribution >= 0.6 is 0 Å². The van der Waals surface area contributed by atoms with Gasteiger partial charge in [0.05, 0.1) is 0 Å². The maximum absolute atomic E-state index is 12.3. The molecule has 1 aromatic carbocycles. The van der Waals surface area contributed by atoms with E-state index in [0.717, 1.165) is 30.0 Å². The number of anilines is 3. The van der Waals surface area contributed by atoms with Crippen LogP contribution < -0.4 is 10.2 Å². The summed E-state index contributed by atoms with van der Waals surface area (Å²) in [5.74, 6) is 1.50. The molecule has 162 valence electrons. The van der Waals surface area contributed by atoms with E-state index in [1.165, 1.54) is 5.56 Å². The lowest BCUT2D eigenvalue weighted by molar-refractivity contribution is 0.0240. The number of rotatable bonds is 5. The number of aryl methyl sites for hydroxylation is 2. The lowest BCUT2D eigenvalue weighted by atomic mass is 10.2. The Kier molecular flexibility index (Phi) is 6.80. The summed E-state index contributed by atoms with van der Waals surface area (Å²) < 4.78 is 5.49. The molecule has 3 rings (SSSR count). The van der Waals surface area contributed by atoms with Crippen LogP contribution in [-0.4, -0.2) is 52.7 Å². The van der Waals surface area contributed by atoms with E-state index in [1.807, 2.05) is 26.8 Å². The lowest BCUT2D eigenvalue weighted by Crippen LogP contribution is -2.50. The third-order valence-electron chi connectivity index (χ3n) is 4.81. The van der Waals surface area contributed by atoms with Crippen LogP contribution in [0.3, 0.4) is 0 Å². The Labute approximate surface area is 179 Å². The summed E-state index contributed by atoms with van der Waals surface area (Å²) in [5.41, 5.74) is 2.76. The topological polar surface area (TPSA) is 70.6 Å². The fourth-order valence-electron chi connectivity index (χ4n) is 3.27. The predicted molar refractivity (Wildman–Crippen MR) is 121 cm³/mol. The highest BCUT2D eigenvalue weighted by atomic mass is 16.6. The van der Waals surface area contributed by atoms with Crippen molar-refractivity contribution in [1.82, 2.24) is 14.9 Å². The standard InChI is InChI=1S/C23H33N5O2/c1-6-7-19-16-20(24-18-10-8-17(2)9-11-18)26-21(25-19)27-12-14-28(15-13-27)22(29)30-23(3,4)5/h8-11,16H,6-7,12-15H2,1-5H3,(H,24,25,26). The van der Waals surface area contributed by atoms with Crippen molar-refractivity contribution in [3.63, 3.8) is 0 Å². The summed E-state index contributed by atoms with van der Waals surface area (Å²) >= 11 is 0. The number of benzene rings is 1. The van der Waals surface area contributed by atoms with Gasteiger partial charge in [0.15, 0.2) is 0 Å². The molecule has 1 aromatic heterocycles. The molecule has 0 aliphatic carbocycles. The van der Waals surface area contributed by atoms with Crippen molar-refractivity contribution in [3.8, 4) is 0 Å². The average molecular weight is 412 g/mol. The molecule has 0 atom stereocenters. The second kappa shape index (κ2) is 9.32. The molecule has 0 saturated carbocycles. The zero-order valence-electron chi connectivity index (χ0n) is 18.7. The molecule has 1 saturated heterocycles. The number of hydrogen-bond acceptors (Lipinski definition) is 6. The highest BCUT2D eigenvalue weighted by Crippen LogP contribution is 2.21. The van der Waals surface area contributed by atoms with Crippen LogP contribution in [0.15, 0.2) is 30.3 Å². The number of amides is 1. The molecule has 1 N–H and O–H groups in total. The van der Waals surface area contributed by atoms with Crippen molar-refractivity contribution >= 4 is 23.5 Å². The Hall–Kier alpha value is -2.83. The third kappa shape index (κ3) is 6.08. The fraction of sp³-hybridized carbons (Fsp3) is 0.522. The number of carbonyl (C=O) groups excluding carboxylic acids is 1. The highest BCUT2D eigenvalue weighted by molar-refractivity contribution is 5.68. The average Bonchev–Trinajstić information content (AvgIpc) is 2.69. The van der Waals surface area contributed by atoms with Gasteiger partial charge in [0.25, 0.3) is 0 Å². The molecule has 0 spiro atoms. The molecular formula is C23H33N5O2. The van der Waals surface area contributed by atoms with E-state index in [1.54, 1.807) is 4.90 Å². The molecule has 7 nitrogen and oxygen atoms in total. The van der Waals surface area contributed by atoms with Crippen LogP contribution in [-0.2, 0) is 11.2 Å². The van der Waals surface area contributed by atoms with E-state index in [4.69, 9.17) is 14.7 Å². The summed E-state index contributed by atoms with van der Waals surface area (Å²) in [6.45, 7) is 12.4. The number of ether oxygens (including phenoxy) is 1. The minimum absolute atomic E-state index is 0.260. The smallest absolute Gasteiger partial charge is 0.410 e. The number of hydrogen-bond donors (Lipinski definition) is 1. The van der Waals surface area contributed by atoms with E-state index in [9.17, 15) is 4.79 Å². The van der Waals surface area contributed by atoms with E-state index < -0.39 is 5.60 Å². The molecule has 1 aliphatic heterocycles. The Morgan fingerprint density at radius 2 is 1.77 bits per heavy atom. The van der Waals surface area contributed by atoms with Gasteiger partial charge in [-0.2, -0.15) is 4.98 Å². The van der Waals surface area contributed by atoms with Crippen LogP contribution in [0, 0.1) is 6.92 Å². The molecule has 0 bridgehead atoms. The van der Waals surface area contributed by atoms with Crippen LogP contribution in [0.1, 0.15) is 45.4 Å². The van der Waals surface area contributed by atoms with Gasteiger partial charge in [-0.1, -0.05) is 31.0 Å². The number of piperazine rings is 1. The van der Waals surface area contributed by atoms with Crippen LogP contribution in [0.25, 0.3) is 0 Å². The Morgan fingerprint density at radius 3 is 2.37 bits per heavy atom. The minimum Gasteiger partial charge on any atom is -0.444 e. The van der Waals surface area contributed by atoms with Gasteiger partial charge < -0.3 is 19.9 Å². The maximum Gasteiger partial charge on any atom is 0.410 e. The number of nitrogens with one attached hydrogen (secondary N) is 1. The SMILES string of the molecule is CCCc1cc(Nc2ccc(C)cc2)nc(N2CCN(C(=O)OC(C)(C)C)CC2)n1. The molecule has 0 radical (unpaired) electrons. The molecule has 1 amide bonds. The molecule has 2 heterocycles. The number of aromatic nitrogens is 2. The van der Waals surface area contributed by atoms with Gasteiger partial charge >= 0.3 is 6.09 Å². The Balaban J connectivity index is 1.71. The summed E-state index contributed by atoms with van der Waals surface area (Å²) in [7, 11) is 0. The van der Waals surface area contributed by atoms with Crippen molar-refractivity contribution in [2.45, 2.75) is 53.1 Å². The molecule has 1 fully saturated rings. The van der Waals surface area contributed by atoms with Crippen molar-refractivity contribution in [2.75, 3.05) is 36.4 Å². The molecule has 30 heavy (non-hydrogen) atoms. The first-order valence-electron chi connectivity index (χ1n) is 10.7. The monoisotopic (exact) mass is 411 g/mol. The summed E-state index contributed by atoms with van der Waals surface area (Å²) in [6.07, 6.45) is 1.66. The third-order valence-corrected chi connectivity index (χ3v) is 4.81. The van der Waals surface area contributed by atoms with E-state index in [2.05, 4.69) is 48.3 Å². The minimum atomic E-state index is -0.484. The van der Waals surface area contributed by atoms with E-state index >= 15 is 0 Å².